The quantitative estimate of drug-likeness (QED) is 0.732. The van der Waals surface area contributed by atoms with Crippen LogP contribution in [-0.4, -0.2) is 35.7 Å². The van der Waals surface area contributed by atoms with E-state index in [4.69, 9.17) is 5.11 Å². The molecule has 0 saturated heterocycles. The summed E-state index contributed by atoms with van der Waals surface area (Å²) in [6.45, 7) is 1.33. The first kappa shape index (κ1) is 17.0. The average molecular weight is 304 g/mol. The second-order valence-corrected chi connectivity index (χ2v) is 4.51. The molecule has 0 heterocycles. The lowest BCUT2D eigenvalue weighted by Gasteiger charge is -2.10. The van der Waals surface area contributed by atoms with Gasteiger partial charge in [-0.05, 0) is 24.6 Å². The molecule has 0 saturated carbocycles. The summed E-state index contributed by atoms with van der Waals surface area (Å²) in [4.78, 5) is 22.8. The van der Waals surface area contributed by atoms with Crippen molar-refractivity contribution in [1.29, 1.82) is 0 Å². The zero-order chi connectivity index (χ0) is 16.0. The number of carbonyl (C=O) groups excluding carboxylic acids is 2. The summed E-state index contributed by atoms with van der Waals surface area (Å²) in [5.74, 6) is -1.99. The Kier molecular flexibility index (Phi) is 5.71. The lowest BCUT2D eigenvalue weighted by Crippen LogP contribution is -2.38. The molecule has 1 aromatic carbocycles. The smallest absolute Gasteiger partial charge is 0.392 e. The molecule has 116 valence electrons. The molecule has 0 fully saturated rings. The molecular weight excluding hydrogens is 289 g/mol. The largest absolute Gasteiger partial charge is 0.393 e. The number of nitrogens with one attached hydrogen (secondary N) is 2. The molecule has 0 aliphatic carbocycles. The third-order valence-corrected chi connectivity index (χ3v) is 2.35. The van der Waals surface area contributed by atoms with Crippen molar-refractivity contribution in [3.05, 3.63) is 29.8 Å². The second-order valence-electron chi connectivity index (χ2n) is 4.51. The van der Waals surface area contributed by atoms with E-state index >= 15 is 0 Å². The Morgan fingerprint density at radius 2 is 1.95 bits per heavy atom. The number of halogens is 3. The van der Waals surface area contributed by atoms with Crippen molar-refractivity contribution in [3.8, 4) is 0 Å². The number of aliphatic hydroxyl groups is 1. The number of hydrogen-bond donors (Lipinski definition) is 3. The molecule has 0 spiro atoms. The van der Waals surface area contributed by atoms with Crippen LogP contribution in [0.3, 0.4) is 0 Å². The van der Waals surface area contributed by atoms with Crippen LogP contribution in [0.5, 0.6) is 0 Å². The Balaban J connectivity index is 2.64. The van der Waals surface area contributed by atoms with Crippen LogP contribution < -0.4 is 10.6 Å². The predicted octanol–water partition coefficient (Wildman–Crippen LogP) is 1.23. The molecule has 1 unspecified atom stereocenters. The standard InChI is InChI=1S/C13H15F3N2O3/c1-8(19)7-17-11(20)12(21)18-10-4-2-3-9(5-10)6-13(14,15)16/h2-5,8,19H,6-7H2,1H3,(H,17,20)(H,18,21). The number of alkyl halides is 3. The van der Waals surface area contributed by atoms with Gasteiger partial charge in [-0.15, -0.1) is 0 Å². The fourth-order valence-corrected chi connectivity index (χ4v) is 1.50. The van der Waals surface area contributed by atoms with Gasteiger partial charge in [0.1, 0.15) is 0 Å². The van der Waals surface area contributed by atoms with Crippen LogP contribution >= 0.6 is 0 Å². The van der Waals surface area contributed by atoms with Crippen LogP contribution in [0.1, 0.15) is 12.5 Å². The van der Waals surface area contributed by atoms with Crippen molar-refractivity contribution in [2.75, 3.05) is 11.9 Å². The van der Waals surface area contributed by atoms with E-state index in [-0.39, 0.29) is 17.8 Å². The maximum atomic E-state index is 12.3. The second kappa shape index (κ2) is 7.07. The Hall–Kier alpha value is -2.09. The molecule has 0 radical (unpaired) electrons. The van der Waals surface area contributed by atoms with Gasteiger partial charge in [0.25, 0.3) is 0 Å². The van der Waals surface area contributed by atoms with Crippen molar-refractivity contribution < 1.29 is 27.9 Å². The summed E-state index contributed by atoms with van der Waals surface area (Å²) in [6, 6.07) is 5.15. The Bertz CT molecular complexity index is 516. The zero-order valence-electron chi connectivity index (χ0n) is 11.2. The average Bonchev–Trinajstić information content (AvgIpc) is 2.34. The van der Waals surface area contributed by atoms with Crippen LogP contribution in [0, 0.1) is 0 Å². The van der Waals surface area contributed by atoms with Gasteiger partial charge in [-0.3, -0.25) is 9.59 Å². The number of aliphatic hydroxyl groups excluding tert-OH is 1. The third-order valence-electron chi connectivity index (χ3n) is 2.35. The normalized spacial score (nSPS) is 12.6. The predicted molar refractivity (Wildman–Crippen MR) is 69.5 cm³/mol. The van der Waals surface area contributed by atoms with E-state index in [1.807, 2.05) is 0 Å². The molecule has 1 atom stereocenters. The summed E-state index contributed by atoms with van der Waals surface area (Å²) in [5, 5.41) is 13.3. The third kappa shape index (κ3) is 6.75. The molecule has 1 rings (SSSR count). The van der Waals surface area contributed by atoms with Crippen LogP contribution in [0.2, 0.25) is 0 Å². The number of carbonyl (C=O) groups is 2. The van der Waals surface area contributed by atoms with Crippen molar-refractivity contribution in [3.63, 3.8) is 0 Å². The first-order valence-corrected chi connectivity index (χ1v) is 6.10. The fourth-order valence-electron chi connectivity index (χ4n) is 1.50. The van der Waals surface area contributed by atoms with Crippen molar-refractivity contribution in [2.24, 2.45) is 0 Å². The van der Waals surface area contributed by atoms with Gasteiger partial charge in [0.2, 0.25) is 0 Å². The molecule has 8 heteroatoms. The monoisotopic (exact) mass is 304 g/mol. The van der Waals surface area contributed by atoms with E-state index in [1.165, 1.54) is 25.1 Å². The highest BCUT2D eigenvalue weighted by atomic mass is 19.4. The molecular formula is C13H15F3N2O3. The molecule has 1 aromatic rings. The molecule has 3 N–H and O–H groups in total. The first-order chi connectivity index (χ1) is 9.67. The summed E-state index contributed by atoms with van der Waals surface area (Å²) in [5.41, 5.74) is 0.0682. The topological polar surface area (TPSA) is 78.4 Å². The van der Waals surface area contributed by atoms with E-state index in [2.05, 4.69) is 10.6 Å². The summed E-state index contributed by atoms with van der Waals surface area (Å²) >= 11 is 0. The molecule has 0 aliphatic heterocycles. The molecule has 0 aliphatic rings. The van der Waals surface area contributed by atoms with Crippen LogP contribution in [0.15, 0.2) is 24.3 Å². The maximum Gasteiger partial charge on any atom is 0.393 e. The molecule has 21 heavy (non-hydrogen) atoms. The van der Waals surface area contributed by atoms with Crippen LogP contribution in [0.4, 0.5) is 18.9 Å². The van der Waals surface area contributed by atoms with Gasteiger partial charge in [-0.25, -0.2) is 0 Å². The van der Waals surface area contributed by atoms with Gasteiger partial charge in [0, 0.05) is 12.2 Å². The highest BCUT2D eigenvalue weighted by molar-refractivity contribution is 6.39. The minimum atomic E-state index is -4.35. The number of rotatable bonds is 4. The number of hydrogen-bond acceptors (Lipinski definition) is 3. The summed E-state index contributed by atoms with van der Waals surface area (Å²) in [6.07, 6.45) is -6.28. The van der Waals surface area contributed by atoms with Gasteiger partial charge in [-0.2, -0.15) is 13.2 Å². The molecule has 5 nitrogen and oxygen atoms in total. The van der Waals surface area contributed by atoms with Crippen molar-refractivity contribution >= 4 is 17.5 Å². The lowest BCUT2D eigenvalue weighted by atomic mass is 10.1. The highest BCUT2D eigenvalue weighted by Crippen LogP contribution is 2.22. The van der Waals surface area contributed by atoms with E-state index in [9.17, 15) is 22.8 Å². The summed E-state index contributed by atoms with van der Waals surface area (Å²) < 4.78 is 36.8. The van der Waals surface area contributed by atoms with Crippen molar-refractivity contribution in [2.45, 2.75) is 25.6 Å². The number of anilines is 1. The van der Waals surface area contributed by atoms with Crippen molar-refractivity contribution in [1.82, 2.24) is 5.32 Å². The fraction of sp³-hybridized carbons (Fsp3) is 0.385. The molecule has 2 amide bonds. The Labute approximate surface area is 119 Å². The summed E-state index contributed by atoms with van der Waals surface area (Å²) in [7, 11) is 0. The van der Waals surface area contributed by atoms with Crippen LogP contribution in [-0.2, 0) is 16.0 Å². The van der Waals surface area contributed by atoms with E-state index < -0.39 is 30.5 Å². The SMILES string of the molecule is CC(O)CNC(=O)C(=O)Nc1cccc(CC(F)(F)F)c1. The van der Waals surface area contributed by atoms with Gasteiger partial charge in [0.05, 0.1) is 12.5 Å². The Morgan fingerprint density at radius 1 is 1.29 bits per heavy atom. The van der Waals surface area contributed by atoms with Crippen LogP contribution in [0.25, 0.3) is 0 Å². The molecule has 0 bridgehead atoms. The number of amides is 2. The van der Waals surface area contributed by atoms with Gasteiger partial charge in [-0.1, -0.05) is 12.1 Å². The highest BCUT2D eigenvalue weighted by Gasteiger charge is 2.27. The lowest BCUT2D eigenvalue weighted by molar-refractivity contribution is -0.136. The first-order valence-electron chi connectivity index (χ1n) is 6.10. The Morgan fingerprint density at radius 3 is 2.52 bits per heavy atom. The zero-order valence-corrected chi connectivity index (χ0v) is 11.2. The minimum absolute atomic E-state index is 0.0234. The van der Waals surface area contributed by atoms with E-state index in [0.29, 0.717) is 0 Å². The molecule has 0 aromatic heterocycles. The van der Waals surface area contributed by atoms with Gasteiger partial charge >= 0.3 is 18.0 Å². The maximum absolute atomic E-state index is 12.3. The van der Waals surface area contributed by atoms with E-state index in [1.54, 1.807) is 0 Å². The van der Waals surface area contributed by atoms with E-state index in [0.717, 1.165) is 6.07 Å². The number of benzene rings is 1. The van der Waals surface area contributed by atoms with Gasteiger partial charge in [0.15, 0.2) is 0 Å². The van der Waals surface area contributed by atoms with Gasteiger partial charge < -0.3 is 15.7 Å². The minimum Gasteiger partial charge on any atom is -0.392 e.